The average molecular weight is 870 g/mol. The molecule has 3 aromatic heterocycles. The molecule has 324 valence electrons. The molecule has 1 aliphatic rings. The summed E-state index contributed by atoms with van der Waals surface area (Å²) in [5, 5.41) is 6.40. The van der Waals surface area contributed by atoms with Crippen LogP contribution in [-0.4, -0.2) is 84.8 Å². The summed E-state index contributed by atoms with van der Waals surface area (Å²) in [6.45, 7) is 7.17. The van der Waals surface area contributed by atoms with Crippen LogP contribution in [0.5, 0.6) is 11.5 Å². The average Bonchev–Trinajstić information content (AvgIpc) is 4.13. The largest absolute Gasteiger partial charge is 0.497 e. The molecule has 0 N–H and O–H groups in total. The van der Waals surface area contributed by atoms with Crippen molar-refractivity contribution in [3.8, 4) is 17.2 Å². The molecule has 0 aliphatic carbocycles. The molecule has 8 rings (SSSR count). The van der Waals surface area contributed by atoms with E-state index in [0.717, 1.165) is 78.1 Å². The number of nitrogens with zero attached hydrogens (tertiary/aromatic N) is 9. The normalized spacial score (nSPS) is 12.4. The number of benzene rings is 4. The fourth-order valence-corrected chi connectivity index (χ4v) is 9.13. The molecule has 4 heterocycles. The highest BCUT2D eigenvalue weighted by Gasteiger charge is 2.17. The monoisotopic (exact) mass is 869 g/mol. The molecule has 13 heteroatoms. The number of hydrogen-bond donors (Lipinski definition) is 0. The number of methoxy groups -OCH3 is 2. The van der Waals surface area contributed by atoms with Gasteiger partial charge in [-0.25, -0.2) is 15.0 Å². The molecule has 0 saturated carbocycles. The lowest BCUT2D eigenvalue weighted by Crippen LogP contribution is -2.22. The first-order chi connectivity index (χ1) is 30.2. The van der Waals surface area contributed by atoms with Crippen LogP contribution < -0.4 is 24.2 Å². The van der Waals surface area contributed by atoms with Gasteiger partial charge in [-0.3, -0.25) is 0 Å². The van der Waals surface area contributed by atoms with Gasteiger partial charge in [-0.2, -0.15) is 0 Å². The Hall–Kier alpha value is -5.73. The fraction of sp³-hybridized carbons (Fsp3) is 0.327. The first-order valence-corrected chi connectivity index (χ1v) is 22.8. The van der Waals surface area contributed by atoms with Crippen molar-refractivity contribution in [3.05, 3.63) is 160 Å². The van der Waals surface area contributed by atoms with Gasteiger partial charge in [-0.1, -0.05) is 48.5 Å². The predicted molar refractivity (Wildman–Crippen MR) is 256 cm³/mol. The van der Waals surface area contributed by atoms with Gasteiger partial charge in [0.15, 0.2) is 10.3 Å². The van der Waals surface area contributed by atoms with Crippen LogP contribution in [0.1, 0.15) is 46.5 Å². The molecule has 0 bridgehead atoms. The molecule has 11 nitrogen and oxygen atoms in total. The third-order valence-electron chi connectivity index (χ3n) is 10.5. The molecule has 0 unspecified atom stereocenters. The van der Waals surface area contributed by atoms with E-state index in [-0.39, 0.29) is 0 Å². The van der Waals surface area contributed by atoms with Gasteiger partial charge in [0.2, 0.25) is 0 Å². The second-order valence-electron chi connectivity index (χ2n) is 16.1. The molecular formula is C49H59N9O2S2. The maximum Gasteiger partial charge on any atom is 0.186 e. The van der Waals surface area contributed by atoms with Crippen molar-refractivity contribution in [2.75, 3.05) is 70.2 Å². The highest BCUT2D eigenvalue weighted by Crippen LogP contribution is 2.29. The maximum absolute atomic E-state index is 5.43. The Labute approximate surface area is 375 Å². The maximum atomic E-state index is 5.43. The molecule has 62 heavy (non-hydrogen) atoms. The zero-order valence-corrected chi connectivity index (χ0v) is 38.5. The fourth-order valence-electron chi connectivity index (χ4n) is 7.50. The van der Waals surface area contributed by atoms with Gasteiger partial charge in [0.25, 0.3) is 0 Å². The number of imidazole rings is 1. The molecule has 0 radical (unpaired) electrons. The zero-order valence-electron chi connectivity index (χ0n) is 36.9. The highest BCUT2D eigenvalue weighted by molar-refractivity contribution is 7.14. The molecule has 0 amide bonds. The molecule has 4 aromatic carbocycles. The zero-order chi connectivity index (χ0) is 43.3. The third kappa shape index (κ3) is 12.7. The molecule has 1 saturated heterocycles. The van der Waals surface area contributed by atoms with E-state index in [2.05, 4.69) is 147 Å². The Morgan fingerprint density at radius 1 is 0.565 bits per heavy atom. The van der Waals surface area contributed by atoms with E-state index >= 15 is 0 Å². The van der Waals surface area contributed by atoms with Crippen molar-refractivity contribution in [1.82, 2.24) is 29.3 Å². The van der Waals surface area contributed by atoms with Crippen molar-refractivity contribution >= 4 is 38.6 Å². The second kappa shape index (κ2) is 21.9. The van der Waals surface area contributed by atoms with Crippen LogP contribution in [0.25, 0.3) is 5.69 Å². The Bertz CT molecular complexity index is 2410. The molecule has 1 fully saturated rings. The minimum absolute atomic E-state index is 0.751. The van der Waals surface area contributed by atoms with Crippen molar-refractivity contribution in [3.63, 3.8) is 0 Å². The number of aromatic nitrogens is 4. The molecule has 7 aromatic rings. The minimum atomic E-state index is 0.751. The molecule has 1 aliphatic heterocycles. The van der Waals surface area contributed by atoms with Crippen LogP contribution in [0.3, 0.4) is 0 Å². The van der Waals surface area contributed by atoms with Gasteiger partial charge in [0.1, 0.15) is 11.5 Å². The Kier molecular flexibility index (Phi) is 15.6. The third-order valence-corrected chi connectivity index (χ3v) is 12.4. The Morgan fingerprint density at radius 2 is 1.06 bits per heavy atom. The number of hydrogen-bond acceptors (Lipinski definition) is 12. The number of rotatable bonds is 18. The van der Waals surface area contributed by atoms with E-state index in [1.54, 1.807) is 43.1 Å². The van der Waals surface area contributed by atoms with Crippen LogP contribution in [0, 0.1) is 0 Å². The van der Waals surface area contributed by atoms with Crippen molar-refractivity contribution < 1.29 is 9.47 Å². The quantitative estimate of drug-likeness (QED) is 0.0833. The lowest BCUT2D eigenvalue weighted by Gasteiger charge is -2.23. The van der Waals surface area contributed by atoms with E-state index in [1.165, 1.54) is 53.9 Å². The van der Waals surface area contributed by atoms with E-state index < -0.39 is 0 Å². The minimum Gasteiger partial charge on any atom is -0.497 e. The van der Waals surface area contributed by atoms with Gasteiger partial charge in [-0.15, -0.1) is 22.7 Å². The topological polar surface area (TPSA) is 78.3 Å². The molecule has 0 atom stereocenters. The molecule has 0 spiro atoms. The second-order valence-corrected chi connectivity index (χ2v) is 17.8. The highest BCUT2D eigenvalue weighted by atomic mass is 32.1. The number of ether oxygens (including phenoxy) is 2. The van der Waals surface area contributed by atoms with Crippen molar-refractivity contribution in [1.29, 1.82) is 0 Å². The van der Waals surface area contributed by atoms with Crippen LogP contribution >= 0.6 is 22.7 Å². The summed E-state index contributed by atoms with van der Waals surface area (Å²) in [5.74, 6) is 1.76. The van der Waals surface area contributed by atoms with Crippen LogP contribution in [0.4, 0.5) is 16.0 Å². The van der Waals surface area contributed by atoms with Gasteiger partial charge in [-0.05, 0) is 112 Å². The number of anilines is 3. The summed E-state index contributed by atoms with van der Waals surface area (Å²) >= 11 is 3.41. The lowest BCUT2D eigenvalue weighted by molar-refractivity contribution is 0.398. The molecular weight excluding hydrogens is 811 g/mol. The predicted octanol–water partition coefficient (Wildman–Crippen LogP) is 9.63. The standard InChI is InChI=1S/C25H32N4OS.C24H27N5OS/c1-27(2)18-22-19-31-25(26-22)29(17-21-7-6-8-24(15-21)30-3)16-20-9-11-23(12-10-20)28-13-4-5-14-28;1-27(2)16-21-17-31-24(26-21)29(15-20-7-5-9-23(13-20)30-3)14-19-6-4-8-22(12-19)28-11-10-25-18-28/h6-12,15,19H,4-5,13-14,16-18H2,1-3H3;4-13,17-18H,14-16H2,1-3H3. The van der Waals surface area contributed by atoms with E-state index in [9.17, 15) is 0 Å². The van der Waals surface area contributed by atoms with E-state index in [1.807, 2.05) is 35.3 Å². The van der Waals surface area contributed by atoms with Crippen molar-refractivity contribution in [2.45, 2.75) is 52.1 Å². The summed E-state index contributed by atoms with van der Waals surface area (Å²) < 4.78 is 12.9. The SMILES string of the molecule is COc1cccc(CN(Cc2ccc(N3CCCC3)cc2)c2nc(CN(C)C)cs2)c1.COc1cccc(CN(Cc2cccc(-n3ccnc3)c2)c2nc(CN(C)C)cs2)c1. The first kappa shape index (κ1) is 44.3. The summed E-state index contributed by atoms with van der Waals surface area (Å²) in [6.07, 6.45) is 8.18. The van der Waals surface area contributed by atoms with Crippen LogP contribution in [0.2, 0.25) is 0 Å². The summed E-state index contributed by atoms with van der Waals surface area (Å²) in [4.78, 5) is 25.5. The summed E-state index contributed by atoms with van der Waals surface area (Å²) in [5.41, 5.74) is 9.57. The van der Waals surface area contributed by atoms with Gasteiger partial charge in [0, 0.05) is 86.9 Å². The Balaban J connectivity index is 0.000000186. The van der Waals surface area contributed by atoms with Crippen LogP contribution in [-0.2, 0) is 39.3 Å². The Morgan fingerprint density at radius 3 is 1.55 bits per heavy atom. The smallest absolute Gasteiger partial charge is 0.186 e. The van der Waals surface area contributed by atoms with Gasteiger partial charge in [0.05, 0.1) is 31.9 Å². The van der Waals surface area contributed by atoms with Gasteiger partial charge >= 0.3 is 0 Å². The first-order valence-electron chi connectivity index (χ1n) is 21.1. The van der Waals surface area contributed by atoms with Crippen molar-refractivity contribution in [2.24, 2.45) is 0 Å². The lowest BCUT2D eigenvalue weighted by atomic mass is 10.1. The van der Waals surface area contributed by atoms with Gasteiger partial charge < -0.3 is 38.5 Å². The van der Waals surface area contributed by atoms with E-state index in [4.69, 9.17) is 19.4 Å². The van der Waals surface area contributed by atoms with E-state index in [0.29, 0.717) is 0 Å². The summed E-state index contributed by atoms with van der Waals surface area (Å²) in [7, 11) is 11.7. The van der Waals surface area contributed by atoms with Crippen LogP contribution in [0.15, 0.2) is 127 Å². The summed E-state index contributed by atoms with van der Waals surface area (Å²) in [6, 6.07) is 34.1. The number of thiazole rings is 2.